The Balaban J connectivity index is 2.36. The molecule has 1 unspecified atom stereocenters. The molecule has 0 aromatic heterocycles. The quantitative estimate of drug-likeness (QED) is 0.895. The zero-order valence-electron chi connectivity index (χ0n) is 11.7. The molecule has 0 bridgehead atoms. The minimum Gasteiger partial charge on any atom is -0.435 e. The minimum atomic E-state index is -2.85. The zero-order valence-corrected chi connectivity index (χ0v) is 12.5. The van der Waals surface area contributed by atoms with E-state index in [1.165, 1.54) is 12.1 Å². The summed E-state index contributed by atoms with van der Waals surface area (Å²) in [6.45, 7) is 0.963. The highest BCUT2D eigenvalue weighted by molar-refractivity contribution is 6.31. The average molecular weight is 312 g/mol. The standard InChI is InChI=1S/C16H16ClF2NO/c1-9-7-14(17)10(2)6-13(9)15(20)11-4-3-5-12(8-11)21-16(18)19/h3-8,15-16H,20H2,1-2H3. The Labute approximate surface area is 127 Å². The van der Waals surface area contributed by atoms with E-state index in [2.05, 4.69) is 4.74 Å². The van der Waals surface area contributed by atoms with E-state index in [0.29, 0.717) is 10.6 Å². The van der Waals surface area contributed by atoms with Gasteiger partial charge in [-0.1, -0.05) is 29.8 Å². The van der Waals surface area contributed by atoms with Crippen molar-refractivity contribution in [2.75, 3.05) is 0 Å². The van der Waals surface area contributed by atoms with Gasteiger partial charge in [0.25, 0.3) is 0 Å². The normalized spacial score (nSPS) is 12.5. The summed E-state index contributed by atoms with van der Waals surface area (Å²) in [6, 6.07) is 9.77. The van der Waals surface area contributed by atoms with Gasteiger partial charge in [-0.25, -0.2) is 0 Å². The maximum atomic E-state index is 12.3. The molecule has 0 saturated heterocycles. The van der Waals surface area contributed by atoms with Gasteiger partial charge in [-0.2, -0.15) is 8.78 Å². The lowest BCUT2D eigenvalue weighted by molar-refractivity contribution is -0.0498. The predicted molar refractivity (Wildman–Crippen MR) is 80.0 cm³/mol. The summed E-state index contributed by atoms with van der Waals surface area (Å²) in [5, 5.41) is 0.679. The molecule has 2 N–H and O–H groups in total. The molecule has 0 aliphatic rings. The van der Waals surface area contributed by atoms with E-state index >= 15 is 0 Å². The fourth-order valence-electron chi connectivity index (χ4n) is 2.20. The van der Waals surface area contributed by atoms with Crippen molar-refractivity contribution >= 4 is 11.6 Å². The molecule has 0 fully saturated rings. The molecule has 0 heterocycles. The number of aryl methyl sites for hydroxylation is 2. The van der Waals surface area contributed by atoms with Gasteiger partial charge in [0.1, 0.15) is 5.75 Å². The Morgan fingerprint density at radius 3 is 2.48 bits per heavy atom. The van der Waals surface area contributed by atoms with Gasteiger partial charge >= 0.3 is 6.61 Å². The van der Waals surface area contributed by atoms with Gasteiger partial charge in [0.05, 0.1) is 6.04 Å². The van der Waals surface area contributed by atoms with Crippen molar-refractivity contribution in [3.05, 3.63) is 63.7 Å². The third kappa shape index (κ3) is 3.71. The van der Waals surface area contributed by atoms with Crippen molar-refractivity contribution < 1.29 is 13.5 Å². The molecule has 0 aliphatic heterocycles. The molecule has 0 aliphatic carbocycles. The smallest absolute Gasteiger partial charge is 0.387 e. The summed E-state index contributed by atoms with van der Waals surface area (Å²) in [5.74, 6) is 0.0984. The van der Waals surface area contributed by atoms with Gasteiger partial charge in [-0.05, 0) is 54.3 Å². The first kappa shape index (κ1) is 15.7. The van der Waals surface area contributed by atoms with Crippen LogP contribution in [0.4, 0.5) is 8.78 Å². The SMILES string of the molecule is Cc1cc(C(N)c2cccc(OC(F)F)c2)c(C)cc1Cl. The van der Waals surface area contributed by atoms with Crippen molar-refractivity contribution in [2.24, 2.45) is 5.73 Å². The molecule has 0 saturated carbocycles. The second-order valence-corrected chi connectivity index (χ2v) is 5.29. The Hall–Kier alpha value is -1.65. The Morgan fingerprint density at radius 1 is 1.10 bits per heavy atom. The second-order valence-electron chi connectivity index (χ2n) is 4.89. The van der Waals surface area contributed by atoms with Crippen molar-refractivity contribution in [3.63, 3.8) is 0 Å². The molecule has 2 rings (SSSR count). The lowest BCUT2D eigenvalue weighted by atomic mass is 9.94. The van der Waals surface area contributed by atoms with Crippen LogP contribution >= 0.6 is 11.6 Å². The lowest BCUT2D eigenvalue weighted by Gasteiger charge is -2.17. The highest BCUT2D eigenvalue weighted by Crippen LogP contribution is 2.29. The van der Waals surface area contributed by atoms with Gasteiger partial charge in [-0.3, -0.25) is 0 Å². The largest absolute Gasteiger partial charge is 0.435 e. The number of benzene rings is 2. The summed E-state index contributed by atoms with van der Waals surface area (Å²) < 4.78 is 28.9. The van der Waals surface area contributed by atoms with Gasteiger partial charge < -0.3 is 10.5 Å². The minimum absolute atomic E-state index is 0.0984. The number of ether oxygens (including phenoxy) is 1. The van der Waals surface area contributed by atoms with Crippen LogP contribution < -0.4 is 10.5 Å². The van der Waals surface area contributed by atoms with Gasteiger partial charge in [0.2, 0.25) is 0 Å². The molecule has 2 aromatic carbocycles. The number of rotatable bonds is 4. The van der Waals surface area contributed by atoms with Crippen LogP contribution in [0.1, 0.15) is 28.3 Å². The molecule has 112 valence electrons. The van der Waals surface area contributed by atoms with Crippen molar-refractivity contribution in [3.8, 4) is 5.75 Å². The number of hydrogen-bond donors (Lipinski definition) is 1. The van der Waals surface area contributed by atoms with Crippen LogP contribution in [0.3, 0.4) is 0 Å². The number of alkyl halides is 2. The Kier molecular flexibility index (Phi) is 4.80. The summed E-state index contributed by atoms with van der Waals surface area (Å²) in [7, 11) is 0. The van der Waals surface area contributed by atoms with Crippen molar-refractivity contribution in [2.45, 2.75) is 26.5 Å². The lowest BCUT2D eigenvalue weighted by Crippen LogP contribution is -2.14. The highest BCUT2D eigenvalue weighted by Gasteiger charge is 2.14. The molecule has 1 atom stereocenters. The van der Waals surface area contributed by atoms with E-state index in [0.717, 1.165) is 16.7 Å². The number of hydrogen-bond acceptors (Lipinski definition) is 2. The van der Waals surface area contributed by atoms with Gasteiger partial charge in [-0.15, -0.1) is 0 Å². The second kappa shape index (κ2) is 6.41. The molecule has 0 spiro atoms. The Bertz CT molecular complexity index is 646. The van der Waals surface area contributed by atoms with Crippen LogP contribution in [0.2, 0.25) is 5.02 Å². The van der Waals surface area contributed by atoms with E-state index in [1.54, 1.807) is 12.1 Å². The monoisotopic (exact) mass is 311 g/mol. The fraction of sp³-hybridized carbons (Fsp3) is 0.250. The molecule has 2 aromatic rings. The first-order valence-corrected chi connectivity index (χ1v) is 6.83. The summed E-state index contributed by atoms with van der Waals surface area (Å²) in [4.78, 5) is 0. The summed E-state index contributed by atoms with van der Waals surface area (Å²) in [6.07, 6.45) is 0. The fourth-order valence-corrected chi connectivity index (χ4v) is 2.42. The first-order valence-electron chi connectivity index (χ1n) is 6.45. The molecular formula is C16H16ClF2NO. The molecule has 0 radical (unpaired) electrons. The summed E-state index contributed by atoms with van der Waals surface area (Å²) >= 11 is 6.07. The average Bonchev–Trinajstić information content (AvgIpc) is 2.41. The van der Waals surface area contributed by atoms with E-state index in [-0.39, 0.29) is 5.75 Å². The van der Waals surface area contributed by atoms with Gasteiger partial charge in [0, 0.05) is 5.02 Å². The highest BCUT2D eigenvalue weighted by atomic mass is 35.5. The van der Waals surface area contributed by atoms with E-state index in [9.17, 15) is 8.78 Å². The third-order valence-corrected chi connectivity index (χ3v) is 3.73. The van der Waals surface area contributed by atoms with E-state index in [4.69, 9.17) is 17.3 Å². The molecule has 2 nitrogen and oxygen atoms in total. The van der Waals surface area contributed by atoms with Crippen LogP contribution in [0.5, 0.6) is 5.75 Å². The van der Waals surface area contributed by atoms with Gasteiger partial charge in [0.15, 0.2) is 0 Å². The van der Waals surface area contributed by atoms with E-state index < -0.39 is 12.7 Å². The van der Waals surface area contributed by atoms with E-state index in [1.807, 2.05) is 26.0 Å². The van der Waals surface area contributed by atoms with Crippen LogP contribution in [0.15, 0.2) is 36.4 Å². The van der Waals surface area contributed by atoms with Crippen molar-refractivity contribution in [1.82, 2.24) is 0 Å². The zero-order chi connectivity index (χ0) is 15.6. The van der Waals surface area contributed by atoms with Crippen LogP contribution in [-0.2, 0) is 0 Å². The predicted octanol–water partition coefficient (Wildman–Crippen LogP) is 4.61. The maximum absolute atomic E-state index is 12.3. The molecule has 21 heavy (non-hydrogen) atoms. The summed E-state index contributed by atoms with van der Waals surface area (Å²) in [5.41, 5.74) is 9.75. The molecule has 0 amide bonds. The first-order chi connectivity index (χ1) is 9.88. The molecule has 5 heteroatoms. The number of halogens is 3. The Morgan fingerprint density at radius 2 is 1.81 bits per heavy atom. The third-order valence-electron chi connectivity index (χ3n) is 3.32. The number of nitrogens with two attached hydrogens (primary N) is 1. The topological polar surface area (TPSA) is 35.2 Å². The molecular weight excluding hydrogens is 296 g/mol. The maximum Gasteiger partial charge on any atom is 0.387 e. The van der Waals surface area contributed by atoms with Crippen molar-refractivity contribution in [1.29, 1.82) is 0 Å². The van der Waals surface area contributed by atoms with Crippen LogP contribution in [-0.4, -0.2) is 6.61 Å². The van der Waals surface area contributed by atoms with Crippen LogP contribution in [0, 0.1) is 13.8 Å². The van der Waals surface area contributed by atoms with Crippen LogP contribution in [0.25, 0.3) is 0 Å².